The lowest BCUT2D eigenvalue weighted by molar-refractivity contribution is -0.114. The number of hydrogen-bond acceptors (Lipinski definition) is 5. The van der Waals surface area contributed by atoms with E-state index in [1.165, 1.54) is 6.08 Å². The molecule has 158 valence electrons. The lowest BCUT2D eigenvalue weighted by atomic mass is 9.98. The van der Waals surface area contributed by atoms with Crippen molar-refractivity contribution in [2.45, 2.75) is 18.9 Å². The van der Waals surface area contributed by atoms with Crippen LogP contribution in [0.5, 0.6) is 0 Å². The second-order valence-electron chi connectivity index (χ2n) is 7.77. The Hall–Kier alpha value is -3.58. The Morgan fingerprint density at radius 3 is 2.65 bits per heavy atom. The Morgan fingerprint density at radius 1 is 1.16 bits per heavy atom. The number of likely N-dealkylation sites (tertiary alicyclic amines) is 1. The Kier molecular flexibility index (Phi) is 5.77. The smallest absolute Gasteiger partial charge is 0.267 e. The molecule has 2 aromatic heterocycles. The number of nitrogens with zero attached hydrogens (tertiary/aromatic N) is 4. The molecule has 1 saturated heterocycles. The van der Waals surface area contributed by atoms with Crippen LogP contribution in [0, 0.1) is 0 Å². The molecule has 0 unspecified atom stereocenters. The van der Waals surface area contributed by atoms with Crippen LogP contribution in [0.1, 0.15) is 23.3 Å². The third-order valence-electron chi connectivity index (χ3n) is 5.80. The van der Waals surface area contributed by atoms with Crippen molar-refractivity contribution in [2.24, 2.45) is 5.73 Å². The van der Waals surface area contributed by atoms with Gasteiger partial charge in [-0.2, -0.15) is 0 Å². The number of aromatic nitrogens is 2. The largest absolute Gasteiger partial charge is 0.364 e. The van der Waals surface area contributed by atoms with E-state index in [0.717, 1.165) is 48.1 Å². The molecule has 1 fully saturated rings. The maximum absolute atomic E-state index is 12.9. The van der Waals surface area contributed by atoms with Crippen LogP contribution in [0.4, 0.5) is 5.69 Å². The average Bonchev–Trinajstić information content (AvgIpc) is 2.80. The summed E-state index contributed by atoms with van der Waals surface area (Å²) in [6.07, 6.45) is 6.39. The van der Waals surface area contributed by atoms with Crippen molar-refractivity contribution in [3.8, 4) is 11.1 Å². The van der Waals surface area contributed by atoms with Crippen LogP contribution in [0.2, 0.25) is 0 Å². The van der Waals surface area contributed by atoms with Crippen molar-refractivity contribution in [3.63, 3.8) is 0 Å². The van der Waals surface area contributed by atoms with Gasteiger partial charge in [0.25, 0.3) is 11.8 Å². The van der Waals surface area contributed by atoms with Gasteiger partial charge in [-0.3, -0.25) is 19.6 Å². The molecule has 1 aliphatic heterocycles. The summed E-state index contributed by atoms with van der Waals surface area (Å²) >= 11 is 0. The molecule has 2 N–H and O–H groups in total. The zero-order valence-corrected chi connectivity index (χ0v) is 17.5. The first kappa shape index (κ1) is 20.7. The average molecular weight is 415 g/mol. The third kappa shape index (κ3) is 4.04. The number of fused-ring (bicyclic) bond motifs is 1. The molecule has 0 atom stereocenters. The number of carbonyl (C=O) groups is 2. The summed E-state index contributed by atoms with van der Waals surface area (Å²) in [6, 6.07) is 11.2. The molecule has 7 heteroatoms. The summed E-state index contributed by atoms with van der Waals surface area (Å²) in [5.41, 5.74) is 8.73. The molecule has 0 saturated carbocycles. The predicted octanol–water partition coefficient (Wildman–Crippen LogP) is 3.01. The first-order valence-corrected chi connectivity index (χ1v) is 10.3. The van der Waals surface area contributed by atoms with Gasteiger partial charge < -0.3 is 15.5 Å². The van der Waals surface area contributed by atoms with E-state index in [9.17, 15) is 9.59 Å². The van der Waals surface area contributed by atoms with E-state index in [1.807, 2.05) is 35.2 Å². The molecule has 4 rings (SSSR count). The summed E-state index contributed by atoms with van der Waals surface area (Å²) in [5.74, 6) is -0.719. The predicted molar refractivity (Wildman–Crippen MR) is 122 cm³/mol. The number of pyridine rings is 2. The highest BCUT2D eigenvalue weighted by Crippen LogP contribution is 2.33. The van der Waals surface area contributed by atoms with Crippen LogP contribution >= 0.6 is 0 Å². The number of benzene rings is 1. The molecule has 3 heterocycles. The monoisotopic (exact) mass is 415 g/mol. The minimum absolute atomic E-state index is 0.0792. The van der Waals surface area contributed by atoms with Gasteiger partial charge >= 0.3 is 0 Å². The first-order chi connectivity index (χ1) is 15.0. The molecule has 0 spiro atoms. The Labute approximate surface area is 181 Å². The number of rotatable bonds is 5. The van der Waals surface area contributed by atoms with Gasteiger partial charge in [-0.05, 0) is 68.9 Å². The number of nitrogens with two attached hydrogens (primary N) is 1. The summed E-state index contributed by atoms with van der Waals surface area (Å²) < 4.78 is 0. The van der Waals surface area contributed by atoms with E-state index < -0.39 is 5.91 Å². The second kappa shape index (κ2) is 8.65. The number of amides is 2. The zero-order valence-electron chi connectivity index (χ0n) is 17.5. The maximum atomic E-state index is 12.9. The van der Waals surface area contributed by atoms with Gasteiger partial charge in [0, 0.05) is 29.4 Å². The Balaban J connectivity index is 1.86. The van der Waals surface area contributed by atoms with Crippen LogP contribution in [-0.2, 0) is 4.79 Å². The van der Waals surface area contributed by atoms with Crippen molar-refractivity contribution in [1.29, 1.82) is 0 Å². The van der Waals surface area contributed by atoms with Crippen molar-refractivity contribution in [1.82, 2.24) is 14.9 Å². The molecule has 2 amide bonds. The first-order valence-electron chi connectivity index (χ1n) is 10.3. The van der Waals surface area contributed by atoms with Crippen molar-refractivity contribution in [2.75, 3.05) is 25.0 Å². The van der Waals surface area contributed by atoms with Gasteiger partial charge in [0.15, 0.2) is 0 Å². The summed E-state index contributed by atoms with van der Waals surface area (Å²) in [4.78, 5) is 37.5. The van der Waals surface area contributed by atoms with Crippen molar-refractivity contribution in [3.05, 3.63) is 67.1 Å². The fourth-order valence-electron chi connectivity index (χ4n) is 4.19. The summed E-state index contributed by atoms with van der Waals surface area (Å²) in [5, 5.41) is 0.827. The van der Waals surface area contributed by atoms with Crippen LogP contribution in [0.3, 0.4) is 0 Å². The van der Waals surface area contributed by atoms with Crippen LogP contribution in [0.25, 0.3) is 22.0 Å². The maximum Gasteiger partial charge on any atom is 0.267 e. The molecule has 7 nitrogen and oxygen atoms in total. The molecular formula is C24H25N5O2. The van der Waals surface area contributed by atoms with E-state index in [1.54, 1.807) is 18.5 Å². The van der Waals surface area contributed by atoms with Crippen molar-refractivity contribution < 1.29 is 9.59 Å². The number of piperidine rings is 1. The zero-order chi connectivity index (χ0) is 22.0. The molecule has 31 heavy (non-hydrogen) atoms. The van der Waals surface area contributed by atoms with Gasteiger partial charge in [-0.15, -0.1) is 0 Å². The van der Waals surface area contributed by atoms with Crippen LogP contribution in [-0.4, -0.2) is 52.9 Å². The topological polar surface area (TPSA) is 92.4 Å². The molecule has 0 bridgehead atoms. The molecule has 3 aromatic rings. The van der Waals surface area contributed by atoms with E-state index in [0.29, 0.717) is 5.56 Å². The highest BCUT2D eigenvalue weighted by atomic mass is 16.2. The fraction of sp³-hybridized carbons (Fsp3) is 0.250. The van der Waals surface area contributed by atoms with Gasteiger partial charge in [-0.25, -0.2) is 0 Å². The highest BCUT2D eigenvalue weighted by molar-refractivity contribution is 6.08. The van der Waals surface area contributed by atoms with Gasteiger partial charge in [0.1, 0.15) is 5.69 Å². The molecule has 0 radical (unpaired) electrons. The fourth-order valence-corrected chi connectivity index (χ4v) is 4.19. The number of carbonyl (C=O) groups excluding carboxylic acids is 2. The van der Waals surface area contributed by atoms with E-state index in [-0.39, 0.29) is 17.6 Å². The quantitative estimate of drug-likeness (QED) is 0.647. The number of anilines is 1. The van der Waals surface area contributed by atoms with Gasteiger partial charge in [0.2, 0.25) is 0 Å². The minimum Gasteiger partial charge on any atom is -0.364 e. The third-order valence-corrected chi connectivity index (χ3v) is 5.80. The van der Waals surface area contributed by atoms with E-state index >= 15 is 0 Å². The summed E-state index contributed by atoms with van der Waals surface area (Å²) in [6.45, 7) is 5.57. The highest BCUT2D eigenvalue weighted by Gasteiger charge is 2.28. The molecule has 1 aliphatic rings. The van der Waals surface area contributed by atoms with Crippen LogP contribution in [0.15, 0.2) is 61.4 Å². The Bertz CT molecular complexity index is 1150. The molecule has 1 aromatic carbocycles. The van der Waals surface area contributed by atoms with Crippen LogP contribution < -0.4 is 10.6 Å². The Morgan fingerprint density at radius 2 is 1.94 bits per heavy atom. The molecule has 0 aliphatic carbocycles. The second-order valence-corrected chi connectivity index (χ2v) is 7.77. The number of primary amides is 1. The molecular weight excluding hydrogens is 390 g/mol. The summed E-state index contributed by atoms with van der Waals surface area (Å²) in [7, 11) is 2.09. The van der Waals surface area contributed by atoms with Crippen molar-refractivity contribution >= 4 is 28.4 Å². The SMILES string of the molecule is C=CC(=O)N(c1ccnc2ccc(-c3cccnc3C(N)=O)cc12)C1CCN(C)CC1. The standard InChI is InChI=1S/C24H25N5O2/c1-3-22(30)29(17-9-13-28(2)14-10-17)21-8-12-26-20-7-6-16(15-19(20)21)18-5-4-11-27-23(18)24(25)31/h3-8,11-12,15,17H,1,9-10,13-14H2,2H3,(H2,25,31). The number of hydrogen-bond donors (Lipinski definition) is 1. The van der Waals surface area contributed by atoms with Gasteiger partial charge in [0.05, 0.1) is 11.2 Å². The normalized spacial score (nSPS) is 15.0. The minimum atomic E-state index is -0.586. The van der Waals surface area contributed by atoms with Gasteiger partial charge in [-0.1, -0.05) is 18.7 Å². The lowest BCUT2D eigenvalue weighted by Gasteiger charge is -2.37. The van der Waals surface area contributed by atoms with E-state index in [4.69, 9.17) is 5.73 Å². The lowest BCUT2D eigenvalue weighted by Crippen LogP contribution is -2.46. The van der Waals surface area contributed by atoms with E-state index in [2.05, 4.69) is 28.5 Å².